The topological polar surface area (TPSA) is 41.3 Å². The Morgan fingerprint density at radius 2 is 1.73 bits per heavy atom. The second kappa shape index (κ2) is 11.8. The molecule has 1 aliphatic rings. The van der Waals surface area contributed by atoms with Gasteiger partial charge in [0.25, 0.3) is 0 Å². The predicted octanol–water partition coefficient (Wildman–Crippen LogP) is 0.693. The highest BCUT2D eigenvalue weighted by atomic mass is 35.5. The second-order valence-electron chi connectivity index (χ2n) is 9.68. The number of benzene rings is 1. The number of anilines is 2. The van der Waals surface area contributed by atoms with Crippen molar-refractivity contribution in [3.8, 4) is 0 Å². The summed E-state index contributed by atoms with van der Waals surface area (Å²) in [6.45, 7) is 15.4. The average Bonchev–Trinajstić information content (AvgIpc) is 2.97. The Bertz CT molecular complexity index is 741. The van der Waals surface area contributed by atoms with E-state index in [9.17, 15) is 0 Å². The Kier molecular flexibility index (Phi) is 9.72. The smallest absolute Gasteiger partial charge is 0.243 e. The molecule has 1 aromatic carbocycles. The maximum atomic E-state index is 5.83. The van der Waals surface area contributed by atoms with E-state index >= 15 is 0 Å². The van der Waals surface area contributed by atoms with Crippen LogP contribution in [-0.2, 0) is 13.1 Å². The Labute approximate surface area is 190 Å². The molecule has 2 aromatic rings. The van der Waals surface area contributed by atoms with E-state index in [4.69, 9.17) is 5.73 Å². The molecule has 1 aliphatic heterocycles. The molecule has 2 heterocycles. The van der Waals surface area contributed by atoms with Crippen molar-refractivity contribution in [3.63, 3.8) is 0 Å². The standard InChI is InChI=1S/C23H40N5Si.ClH/c1-29(2,3)20-6-14-27-17-16-26(21-27)13-4-11-25-12-5-15-28(19-18-25)23-9-7-22(24)8-10-23;/h7-10,16-17,21H,4-6,11-15,18-20,24H2,1-3H3;1H/q+1;/p-1. The Morgan fingerprint density at radius 1 is 0.967 bits per heavy atom. The van der Waals surface area contributed by atoms with Gasteiger partial charge in [-0.15, -0.1) is 0 Å². The number of hydrogen-bond donors (Lipinski definition) is 1. The third kappa shape index (κ3) is 8.32. The van der Waals surface area contributed by atoms with Gasteiger partial charge < -0.3 is 27.9 Å². The van der Waals surface area contributed by atoms with Crippen LogP contribution in [0.15, 0.2) is 43.0 Å². The van der Waals surface area contributed by atoms with E-state index < -0.39 is 8.07 Å². The molecular formula is C23H40ClN5Si. The molecule has 0 bridgehead atoms. The highest BCUT2D eigenvalue weighted by Gasteiger charge is 2.16. The van der Waals surface area contributed by atoms with Crippen LogP contribution in [0.25, 0.3) is 0 Å². The first-order chi connectivity index (χ1) is 13.9. The summed E-state index contributed by atoms with van der Waals surface area (Å²) in [5.74, 6) is 0. The molecule has 0 spiro atoms. The Hall–Kier alpha value is -1.50. The van der Waals surface area contributed by atoms with E-state index in [2.05, 4.69) is 69.4 Å². The first kappa shape index (κ1) is 24.8. The molecule has 0 atom stereocenters. The zero-order chi connectivity index (χ0) is 20.7. The summed E-state index contributed by atoms with van der Waals surface area (Å²) < 4.78 is 4.71. The fourth-order valence-electron chi connectivity index (χ4n) is 4.11. The summed E-state index contributed by atoms with van der Waals surface area (Å²) in [7, 11) is -0.913. The van der Waals surface area contributed by atoms with Crippen LogP contribution >= 0.6 is 0 Å². The van der Waals surface area contributed by atoms with Crippen LogP contribution in [0.2, 0.25) is 25.7 Å². The van der Waals surface area contributed by atoms with Crippen LogP contribution in [0.4, 0.5) is 11.4 Å². The van der Waals surface area contributed by atoms with Gasteiger partial charge in [0.05, 0.1) is 13.1 Å². The van der Waals surface area contributed by atoms with Crippen LogP contribution in [0.5, 0.6) is 0 Å². The van der Waals surface area contributed by atoms with Crippen LogP contribution < -0.4 is 27.6 Å². The fourth-order valence-corrected chi connectivity index (χ4v) is 5.33. The number of imidazole rings is 1. The van der Waals surface area contributed by atoms with Gasteiger partial charge in [0.15, 0.2) is 0 Å². The highest BCUT2D eigenvalue weighted by molar-refractivity contribution is 6.76. The molecule has 0 aliphatic carbocycles. The summed E-state index contributed by atoms with van der Waals surface area (Å²) >= 11 is 0. The minimum atomic E-state index is -0.913. The molecule has 0 radical (unpaired) electrons. The van der Waals surface area contributed by atoms with Gasteiger partial charge in [0.2, 0.25) is 6.33 Å². The van der Waals surface area contributed by atoms with E-state index in [1.165, 1.54) is 44.1 Å². The first-order valence-electron chi connectivity index (χ1n) is 11.3. The van der Waals surface area contributed by atoms with E-state index in [-0.39, 0.29) is 12.4 Å². The summed E-state index contributed by atoms with van der Waals surface area (Å²) in [5.41, 5.74) is 7.96. The summed E-state index contributed by atoms with van der Waals surface area (Å²) in [6, 6.07) is 9.72. The molecule has 5 nitrogen and oxygen atoms in total. The van der Waals surface area contributed by atoms with Crippen molar-refractivity contribution in [2.75, 3.05) is 43.4 Å². The number of nitrogens with zero attached hydrogens (tertiary/aromatic N) is 4. The molecule has 7 heteroatoms. The Morgan fingerprint density at radius 3 is 2.47 bits per heavy atom. The van der Waals surface area contributed by atoms with Crippen LogP contribution in [0.1, 0.15) is 19.3 Å². The quantitative estimate of drug-likeness (QED) is 0.348. The molecule has 1 aromatic heterocycles. The van der Waals surface area contributed by atoms with E-state index in [1.807, 2.05) is 12.1 Å². The van der Waals surface area contributed by atoms with Crippen molar-refractivity contribution >= 4 is 19.4 Å². The molecular weight excluding hydrogens is 410 g/mol. The fraction of sp³-hybridized carbons (Fsp3) is 0.609. The molecule has 30 heavy (non-hydrogen) atoms. The Balaban J connectivity index is 0.00000320. The highest BCUT2D eigenvalue weighted by Crippen LogP contribution is 2.18. The van der Waals surface area contributed by atoms with Gasteiger partial charge >= 0.3 is 0 Å². The zero-order valence-corrected chi connectivity index (χ0v) is 20.8. The van der Waals surface area contributed by atoms with Gasteiger partial charge in [-0.1, -0.05) is 25.7 Å². The number of nitrogens with two attached hydrogens (primary N) is 1. The minimum Gasteiger partial charge on any atom is -1.00 e. The average molecular weight is 450 g/mol. The summed E-state index contributed by atoms with van der Waals surface area (Å²) in [4.78, 5) is 5.12. The lowest BCUT2D eigenvalue weighted by Gasteiger charge is -2.23. The van der Waals surface area contributed by atoms with Crippen molar-refractivity contribution in [3.05, 3.63) is 43.0 Å². The molecule has 3 rings (SSSR count). The van der Waals surface area contributed by atoms with E-state index in [1.54, 1.807) is 0 Å². The SMILES string of the molecule is C[Si](C)(C)CCC[n+]1ccn(CCCN2CCCN(c3ccc(N)cc3)CC2)c1.[Cl-]. The van der Waals surface area contributed by atoms with Crippen molar-refractivity contribution in [1.29, 1.82) is 0 Å². The minimum absolute atomic E-state index is 0. The summed E-state index contributed by atoms with van der Waals surface area (Å²) in [6.07, 6.45) is 10.5. The van der Waals surface area contributed by atoms with Crippen LogP contribution in [-0.4, -0.2) is 50.3 Å². The van der Waals surface area contributed by atoms with Crippen LogP contribution in [0.3, 0.4) is 0 Å². The summed E-state index contributed by atoms with van der Waals surface area (Å²) in [5, 5.41) is 0. The second-order valence-corrected chi connectivity index (χ2v) is 15.3. The lowest BCUT2D eigenvalue weighted by molar-refractivity contribution is -0.696. The maximum Gasteiger partial charge on any atom is 0.243 e. The lowest BCUT2D eigenvalue weighted by Crippen LogP contribution is -3.00. The molecule has 0 amide bonds. The number of halogens is 1. The van der Waals surface area contributed by atoms with Crippen LogP contribution in [0, 0.1) is 0 Å². The molecule has 1 saturated heterocycles. The number of nitrogen functional groups attached to an aromatic ring is 1. The molecule has 0 saturated carbocycles. The molecule has 1 fully saturated rings. The van der Waals surface area contributed by atoms with Crippen molar-refractivity contribution in [2.24, 2.45) is 0 Å². The van der Waals surface area contributed by atoms with Gasteiger partial charge in [0.1, 0.15) is 12.4 Å². The van der Waals surface area contributed by atoms with Crippen molar-refractivity contribution in [2.45, 2.75) is 58.0 Å². The first-order valence-corrected chi connectivity index (χ1v) is 15.0. The monoisotopic (exact) mass is 449 g/mol. The largest absolute Gasteiger partial charge is 1.00 e. The van der Waals surface area contributed by atoms with Gasteiger partial charge in [0, 0.05) is 45.6 Å². The number of hydrogen-bond acceptors (Lipinski definition) is 3. The zero-order valence-electron chi connectivity index (χ0n) is 19.1. The van der Waals surface area contributed by atoms with Crippen molar-refractivity contribution in [1.82, 2.24) is 9.47 Å². The third-order valence-electron chi connectivity index (χ3n) is 5.83. The molecule has 0 unspecified atom stereocenters. The van der Waals surface area contributed by atoms with E-state index in [0.29, 0.717) is 0 Å². The number of rotatable bonds is 9. The third-order valence-corrected chi connectivity index (χ3v) is 7.68. The van der Waals surface area contributed by atoms with Gasteiger partial charge in [-0.2, -0.15) is 0 Å². The van der Waals surface area contributed by atoms with Gasteiger partial charge in [-0.25, -0.2) is 9.13 Å². The molecule has 168 valence electrons. The normalized spacial score (nSPS) is 15.6. The van der Waals surface area contributed by atoms with Gasteiger partial charge in [-0.3, -0.25) is 0 Å². The number of aryl methyl sites for hydroxylation is 2. The van der Waals surface area contributed by atoms with Gasteiger partial charge in [-0.05, 0) is 50.1 Å². The maximum absolute atomic E-state index is 5.83. The molecule has 2 N–H and O–H groups in total. The lowest BCUT2D eigenvalue weighted by atomic mass is 10.2. The van der Waals surface area contributed by atoms with E-state index in [0.717, 1.165) is 38.4 Å². The number of aromatic nitrogens is 2. The predicted molar refractivity (Wildman–Crippen MR) is 126 cm³/mol. The van der Waals surface area contributed by atoms with Crippen molar-refractivity contribution < 1.29 is 17.0 Å².